The summed E-state index contributed by atoms with van der Waals surface area (Å²) in [6.45, 7) is 2.64. The van der Waals surface area contributed by atoms with Crippen molar-refractivity contribution in [2.45, 2.75) is 13.5 Å². The van der Waals surface area contributed by atoms with E-state index in [1.54, 1.807) is 6.07 Å². The van der Waals surface area contributed by atoms with Gasteiger partial charge in [-0.05, 0) is 52.2 Å². The van der Waals surface area contributed by atoms with Crippen molar-refractivity contribution >= 4 is 21.6 Å². The Labute approximate surface area is 109 Å². The lowest BCUT2D eigenvalue weighted by Gasteiger charge is -2.09. The molecule has 0 aliphatic carbocycles. The number of rotatable bonds is 3. The van der Waals surface area contributed by atoms with Crippen molar-refractivity contribution in [3.63, 3.8) is 0 Å². The maximum absolute atomic E-state index is 13.3. The molecule has 88 valence electrons. The summed E-state index contributed by atoms with van der Waals surface area (Å²) in [5.74, 6) is -0.228. The quantitative estimate of drug-likeness (QED) is 0.878. The molecule has 0 bridgehead atoms. The Morgan fingerprint density at radius 3 is 2.71 bits per heavy atom. The Hall–Kier alpha value is -1.35. The first-order valence-corrected chi connectivity index (χ1v) is 6.19. The zero-order chi connectivity index (χ0) is 12.3. The molecule has 0 saturated carbocycles. The average molecular weight is 294 g/mol. The van der Waals surface area contributed by atoms with Crippen molar-refractivity contribution < 1.29 is 4.39 Å². The van der Waals surface area contributed by atoms with Crippen LogP contribution in [0.1, 0.15) is 11.1 Å². The van der Waals surface area contributed by atoms with Gasteiger partial charge in [-0.1, -0.05) is 24.3 Å². The van der Waals surface area contributed by atoms with Crippen LogP contribution >= 0.6 is 15.9 Å². The molecular formula is C14H13BrFN. The third-order valence-electron chi connectivity index (χ3n) is 2.53. The number of benzene rings is 2. The lowest BCUT2D eigenvalue weighted by molar-refractivity contribution is 0.618. The van der Waals surface area contributed by atoms with E-state index in [2.05, 4.69) is 27.3 Å². The summed E-state index contributed by atoms with van der Waals surface area (Å²) in [6, 6.07) is 13.2. The van der Waals surface area contributed by atoms with Crippen LogP contribution in [0.4, 0.5) is 10.1 Å². The standard InChI is InChI=1S/C14H13BrFN/c1-10-4-2-6-12(8-10)17-9-11-5-3-7-13(16)14(11)15/h2-8,17H,9H2,1H3. The smallest absolute Gasteiger partial charge is 0.137 e. The Bertz CT molecular complexity index is 525. The first kappa shape index (κ1) is 12.1. The van der Waals surface area contributed by atoms with Gasteiger partial charge in [0, 0.05) is 12.2 Å². The molecule has 0 atom stereocenters. The van der Waals surface area contributed by atoms with Gasteiger partial charge in [0.2, 0.25) is 0 Å². The lowest BCUT2D eigenvalue weighted by atomic mass is 10.2. The van der Waals surface area contributed by atoms with Crippen LogP contribution < -0.4 is 5.32 Å². The lowest BCUT2D eigenvalue weighted by Crippen LogP contribution is -2.01. The highest BCUT2D eigenvalue weighted by Gasteiger charge is 2.04. The highest BCUT2D eigenvalue weighted by Crippen LogP contribution is 2.21. The highest BCUT2D eigenvalue weighted by molar-refractivity contribution is 9.10. The predicted octanol–water partition coefficient (Wildman–Crippen LogP) is 4.51. The van der Waals surface area contributed by atoms with E-state index in [1.165, 1.54) is 11.6 Å². The Balaban J connectivity index is 2.10. The molecule has 0 heterocycles. The number of aryl methyl sites for hydroxylation is 1. The van der Waals surface area contributed by atoms with Gasteiger partial charge in [0.15, 0.2) is 0 Å². The molecule has 1 nitrogen and oxygen atoms in total. The van der Waals surface area contributed by atoms with Crippen LogP contribution in [-0.2, 0) is 6.54 Å². The predicted molar refractivity (Wildman–Crippen MR) is 72.6 cm³/mol. The number of hydrogen-bond acceptors (Lipinski definition) is 1. The van der Waals surface area contributed by atoms with Crippen LogP contribution in [0.5, 0.6) is 0 Å². The number of nitrogens with one attached hydrogen (secondary N) is 1. The van der Waals surface area contributed by atoms with Gasteiger partial charge in [-0.25, -0.2) is 4.39 Å². The minimum atomic E-state index is -0.228. The molecule has 0 saturated heterocycles. The SMILES string of the molecule is Cc1cccc(NCc2cccc(F)c2Br)c1. The van der Waals surface area contributed by atoms with Gasteiger partial charge in [-0.3, -0.25) is 0 Å². The molecule has 1 N–H and O–H groups in total. The van der Waals surface area contributed by atoms with E-state index in [0.29, 0.717) is 11.0 Å². The molecule has 0 radical (unpaired) electrons. The van der Waals surface area contributed by atoms with Gasteiger partial charge >= 0.3 is 0 Å². The second-order valence-corrected chi connectivity index (χ2v) is 4.73. The molecule has 2 rings (SSSR count). The molecule has 3 heteroatoms. The third kappa shape index (κ3) is 3.07. The van der Waals surface area contributed by atoms with Crippen LogP contribution in [0.25, 0.3) is 0 Å². The first-order valence-electron chi connectivity index (χ1n) is 5.40. The van der Waals surface area contributed by atoms with Crippen molar-refractivity contribution in [2.24, 2.45) is 0 Å². The Morgan fingerprint density at radius 2 is 1.94 bits per heavy atom. The molecule has 17 heavy (non-hydrogen) atoms. The zero-order valence-electron chi connectivity index (χ0n) is 9.50. The van der Waals surface area contributed by atoms with E-state index in [0.717, 1.165) is 11.3 Å². The fourth-order valence-corrected chi connectivity index (χ4v) is 2.04. The van der Waals surface area contributed by atoms with Crippen molar-refractivity contribution in [1.29, 1.82) is 0 Å². The van der Waals surface area contributed by atoms with Crippen LogP contribution in [-0.4, -0.2) is 0 Å². The maximum Gasteiger partial charge on any atom is 0.137 e. The largest absolute Gasteiger partial charge is 0.381 e. The normalized spacial score (nSPS) is 10.3. The molecule has 0 aromatic heterocycles. The third-order valence-corrected chi connectivity index (χ3v) is 3.42. The van der Waals surface area contributed by atoms with Gasteiger partial charge in [0.05, 0.1) is 4.47 Å². The van der Waals surface area contributed by atoms with E-state index in [4.69, 9.17) is 0 Å². The van der Waals surface area contributed by atoms with Gasteiger partial charge in [-0.15, -0.1) is 0 Å². The van der Waals surface area contributed by atoms with Gasteiger partial charge in [0.1, 0.15) is 5.82 Å². The van der Waals surface area contributed by atoms with E-state index in [-0.39, 0.29) is 5.82 Å². The molecule has 0 spiro atoms. The van der Waals surface area contributed by atoms with Crippen LogP contribution in [0.2, 0.25) is 0 Å². The minimum Gasteiger partial charge on any atom is -0.381 e. The second-order valence-electron chi connectivity index (χ2n) is 3.94. The summed E-state index contributed by atoms with van der Waals surface area (Å²) in [7, 11) is 0. The summed E-state index contributed by atoms with van der Waals surface area (Å²) in [6.07, 6.45) is 0. The molecule has 0 aliphatic rings. The van der Waals surface area contributed by atoms with Crippen LogP contribution in [0, 0.1) is 12.7 Å². The zero-order valence-corrected chi connectivity index (χ0v) is 11.1. The summed E-state index contributed by atoms with van der Waals surface area (Å²) in [4.78, 5) is 0. The van der Waals surface area contributed by atoms with E-state index in [1.807, 2.05) is 31.2 Å². The van der Waals surface area contributed by atoms with Crippen molar-refractivity contribution in [1.82, 2.24) is 0 Å². The summed E-state index contributed by atoms with van der Waals surface area (Å²) < 4.78 is 13.8. The van der Waals surface area contributed by atoms with E-state index in [9.17, 15) is 4.39 Å². The molecule has 2 aromatic carbocycles. The molecule has 2 aromatic rings. The molecule has 0 fully saturated rings. The second kappa shape index (κ2) is 5.32. The molecular weight excluding hydrogens is 281 g/mol. The Kier molecular flexibility index (Phi) is 3.79. The monoisotopic (exact) mass is 293 g/mol. The van der Waals surface area contributed by atoms with Crippen LogP contribution in [0.15, 0.2) is 46.9 Å². The minimum absolute atomic E-state index is 0.228. The number of hydrogen-bond donors (Lipinski definition) is 1. The highest BCUT2D eigenvalue weighted by atomic mass is 79.9. The number of anilines is 1. The Morgan fingerprint density at radius 1 is 1.18 bits per heavy atom. The average Bonchev–Trinajstić information content (AvgIpc) is 2.31. The van der Waals surface area contributed by atoms with Crippen LogP contribution in [0.3, 0.4) is 0 Å². The van der Waals surface area contributed by atoms with Gasteiger partial charge in [-0.2, -0.15) is 0 Å². The number of halogens is 2. The van der Waals surface area contributed by atoms with E-state index >= 15 is 0 Å². The molecule has 0 aliphatic heterocycles. The topological polar surface area (TPSA) is 12.0 Å². The van der Waals surface area contributed by atoms with Crippen molar-refractivity contribution in [3.05, 3.63) is 63.9 Å². The van der Waals surface area contributed by atoms with Gasteiger partial charge in [0.25, 0.3) is 0 Å². The fraction of sp³-hybridized carbons (Fsp3) is 0.143. The van der Waals surface area contributed by atoms with E-state index < -0.39 is 0 Å². The maximum atomic E-state index is 13.3. The van der Waals surface area contributed by atoms with Crippen molar-refractivity contribution in [3.8, 4) is 0 Å². The molecule has 0 unspecified atom stereocenters. The molecule has 0 amide bonds. The van der Waals surface area contributed by atoms with Gasteiger partial charge < -0.3 is 5.32 Å². The first-order chi connectivity index (χ1) is 8.16. The summed E-state index contributed by atoms with van der Waals surface area (Å²) in [5.41, 5.74) is 3.15. The fourth-order valence-electron chi connectivity index (χ4n) is 1.64. The summed E-state index contributed by atoms with van der Waals surface area (Å²) >= 11 is 3.25. The summed E-state index contributed by atoms with van der Waals surface area (Å²) in [5, 5.41) is 3.27. The van der Waals surface area contributed by atoms with Crippen molar-refractivity contribution in [2.75, 3.05) is 5.32 Å².